The molecule has 1 aliphatic carbocycles. The maximum Gasteiger partial charge on any atom is 0.149 e. The second-order valence-corrected chi connectivity index (χ2v) is 5.74. The Hall–Kier alpha value is -1.21. The molecule has 0 aromatic heterocycles. The van der Waals surface area contributed by atoms with Gasteiger partial charge in [-0.25, -0.2) is 0 Å². The first-order chi connectivity index (χ1) is 11.9. The first-order valence-electron chi connectivity index (χ1n) is 8.71. The molecule has 2 aliphatic rings. The average molecular weight is 340 g/mol. The lowest BCUT2D eigenvalue weighted by Gasteiger charge is -2.23. The molecule has 1 saturated heterocycles. The molecule has 136 valence electrons. The molecule has 1 unspecified atom stereocenters. The summed E-state index contributed by atoms with van der Waals surface area (Å²) in [6.45, 7) is 5.10. The summed E-state index contributed by atoms with van der Waals surface area (Å²) >= 11 is 0. The fourth-order valence-electron chi connectivity index (χ4n) is 2.65. The van der Waals surface area contributed by atoms with Crippen LogP contribution in [0.25, 0.3) is 0 Å². The number of ether oxygens (including phenoxy) is 5. The summed E-state index contributed by atoms with van der Waals surface area (Å²) in [7, 11) is 0. The van der Waals surface area contributed by atoms with Gasteiger partial charge in [0.05, 0.1) is 46.2 Å². The highest BCUT2D eigenvalue weighted by Gasteiger charge is 2.19. The third-order valence-corrected chi connectivity index (χ3v) is 3.94. The van der Waals surface area contributed by atoms with Gasteiger partial charge in [0.25, 0.3) is 0 Å². The molecule has 6 heteroatoms. The van der Waals surface area contributed by atoms with Gasteiger partial charge in [0.15, 0.2) is 0 Å². The molecule has 0 N–H and O–H groups in total. The quantitative estimate of drug-likeness (QED) is 0.679. The van der Waals surface area contributed by atoms with Crippen molar-refractivity contribution in [2.45, 2.75) is 19.3 Å². The van der Waals surface area contributed by atoms with Crippen molar-refractivity contribution < 1.29 is 28.5 Å². The number of hydrogen-bond acceptors (Lipinski definition) is 6. The molecule has 2 rings (SSSR count). The topological polar surface area (TPSA) is 63.2 Å². The molecule has 0 aromatic carbocycles. The summed E-state index contributed by atoms with van der Waals surface area (Å²) in [5, 5.41) is 0. The van der Waals surface area contributed by atoms with Crippen molar-refractivity contribution in [3.63, 3.8) is 0 Å². The van der Waals surface area contributed by atoms with Crippen LogP contribution >= 0.6 is 0 Å². The number of aldehydes is 1. The minimum Gasteiger partial charge on any atom is -0.495 e. The SMILES string of the molecule is O=CC1=CCC2CCCOCCOCCOCCOCCOC2=C1. The zero-order valence-electron chi connectivity index (χ0n) is 14.2. The molecule has 0 spiro atoms. The predicted molar refractivity (Wildman–Crippen MR) is 88.8 cm³/mol. The standard InChI is InChI=1S/C18H28O6/c19-15-16-3-4-17-2-1-5-20-6-7-21-8-9-22-10-11-23-12-13-24-18(17)14-16/h3,14-15,17H,1-2,4-13H2. The van der Waals surface area contributed by atoms with E-state index in [1.165, 1.54) is 0 Å². The average Bonchev–Trinajstić information content (AvgIpc) is 2.61. The van der Waals surface area contributed by atoms with Gasteiger partial charge >= 0.3 is 0 Å². The van der Waals surface area contributed by atoms with Crippen molar-refractivity contribution in [2.24, 2.45) is 5.92 Å². The second-order valence-electron chi connectivity index (χ2n) is 5.74. The van der Waals surface area contributed by atoms with Crippen molar-refractivity contribution in [3.05, 3.63) is 23.5 Å². The van der Waals surface area contributed by atoms with Gasteiger partial charge in [-0.1, -0.05) is 6.08 Å². The molecule has 24 heavy (non-hydrogen) atoms. The van der Waals surface area contributed by atoms with Crippen LogP contribution in [0.5, 0.6) is 0 Å². The lowest BCUT2D eigenvalue weighted by atomic mass is 9.91. The van der Waals surface area contributed by atoms with E-state index in [9.17, 15) is 4.79 Å². The van der Waals surface area contributed by atoms with E-state index in [2.05, 4.69) is 0 Å². The highest BCUT2D eigenvalue weighted by Crippen LogP contribution is 2.28. The Morgan fingerprint density at radius 3 is 2.04 bits per heavy atom. The monoisotopic (exact) mass is 340 g/mol. The molecule has 0 amide bonds. The Balaban J connectivity index is 1.82. The highest BCUT2D eigenvalue weighted by molar-refractivity contribution is 5.78. The van der Waals surface area contributed by atoms with Crippen LogP contribution in [0.3, 0.4) is 0 Å². The minimum absolute atomic E-state index is 0.302. The van der Waals surface area contributed by atoms with Crippen LogP contribution in [-0.2, 0) is 28.5 Å². The predicted octanol–water partition coefficient (Wildman–Crippen LogP) is 1.89. The van der Waals surface area contributed by atoms with Gasteiger partial charge in [0.1, 0.15) is 18.7 Å². The van der Waals surface area contributed by atoms with E-state index < -0.39 is 0 Å². The minimum atomic E-state index is 0.302. The van der Waals surface area contributed by atoms with Gasteiger partial charge < -0.3 is 23.7 Å². The number of allylic oxidation sites excluding steroid dienone is 4. The molecule has 6 nitrogen and oxygen atoms in total. The van der Waals surface area contributed by atoms with Crippen molar-refractivity contribution in [2.75, 3.05) is 59.5 Å². The molecule has 0 radical (unpaired) electrons. The lowest BCUT2D eigenvalue weighted by Crippen LogP contribution is -2.17. The second kappa shape index (κ2) is 12.2. The molecular weight excluding hydrogens is 312 g/mol. The van der Waals surface area contributed by atoms with Gasteiger partial charge in [0, 0.05) is 18.1 Å². The lowest BCUT2D eigenvalue weighted by molar-refractivity contribution is -0.104. The summed E-state index contributed by atoms with van der Waals surface area (Å²) in [4.78, 5) is 11.0. The summed E-state index contributed by atoms with van der Waals surface area (Å²) in [5.74, 6) is 1.18. The zero-order valence-corrected chi connectivity index (χ0v) is 14.2. The Bertz CT molecular complexity index is 418. The Morgan fingerprint density at radius 2 is 1.42 bits per heavy atom. The number of carbonyl (C=O) groups is 1. The molecule has 1 heterocycles. The van der Waals surface area contributed by atoms with E-state index in [4.69, 9.17) is 23.7 Å². The van der Waals surface area contributed by atoms with E-state index in [1.54, 1.807) is 0 Å². The third-order valence-electron chi connectivity index (χ3n) is 3.94. The van der Waals surface area contributed by atoms with Crippen LogP contribution in [0.15, 0.2) is 23.5 Å². The number of rotatable bonds is 1. The van der Waals surface area contributed by atoms with Crippen LogP contribution in [0.1, 0.15) is 19.3 Å². The molecular formula is C18H28O6. The largest absolute Gasteiger partial charge is 0.495 e. The van der Waals surface area contributed by atoms with Gasteiger partial charge in [-0.05, 0) is 25.3 Å². The molecule has 1 fully saturated rings. The summed E-state index contributed by atoms with van der Waals surface area (Å²) in [6.07, 6.45) is 7.45. The van der Waals surface area contributed by atoms with Gasteiger partial charge in [-0.3, -0.25) is 4.79 Å². The van der Waals surface area contributed by atoms with Crippen molar-refractivity contribution in [3.8, 4) is 0 Å². The Kier molecular flexibility index (Phi) is 9.72. The Morgan fingerprint density at radius 1 is 0.833 bits per heavy atom. The third kappa shape index (κ3) is 7.57. The van der Waals surface area contributed by atoms with E-state index >= 15 is 0 Å². The molecule has 0 aromatic rings. The maximum absolute atomic E-state index is 11.0. The van der Waals surface area contributed by atoms with E-state index in [0.29, 0.717) is 71.0 Å². The van der Waals surface area contributed by atoms with E-state index in [1.807, 2.05) is 12.2 Å². The van der Waals surface area contributed by atoms with Gasteiger partial charge in [-0.2, -0.15) is 0 Å². The smallest absolute Gasteiger partial charge is 0.149 e. The molecule has 1 atom stereocenters. The fraction of sp³-hybridized carbons (Fsp3) is 0.722. The number of hydrogen-bond donors (Lipinski definition) is 0. The Labute approximate surface area is 143 Å². The molecule has 0 saturated carbocycles. The highest BCUT2D eigenvalue weighted by atomic mass is 16.6. The van der Waals surface area contributed by atoms with Crippen LogP contribution in [-0.4, -0.2) is 65.7 Å². The first kappa shape index (κ1) is 19.1. The van der Waals surface area contributed by atoms with Crippen molar-refractivity contribution in [1.29, 1.82) is 0 Å². The van der Waals surface area contributed by atoms with Crippen molar-refractivity contribution >= 4 is 6.29 Å². The van der Waals surface area contributed by atoms with Crippen LogP contribution in [0, 0.1) is 5.92 Å². The molecule has 0 bridgehead atoms. The summed E-state index contributed by atoms with van der Waals surface area (Å²) in [5.41, 5.74) is 0.686. The number of carbonyl (C=O) groups excluding carboxylic acids is 1. The maximum atomic E-state index is 11.0. The van der Waals surface area contributed by atoms with Gasteiger partial charge in [0.2, 0.25) is 0 Å². The van der Waals surface area contributed by atoms with E-state index in [-0.39, 0.29) is 0 Å². The first-order valence-corrected chi connectivity index (χ1v) is 8.71. The number of fused-ring (bicyclic) bond motifs is 1. The van der Waals surface area contributed by atoms with Crippen LogP contribution in [0.4, 0.5) is 0 Å². The summed E-state index contributed by atoms with van der Waals surface area (Å²) < 4.78 is 27.8. The fourth-order valence-corrected chi connectivity index (χ4v) is 2.65. The van der Waals surface area contributed by atoms with Crippen LogP contribution < -0.4 is 0 Å². The normalized spacial score (nSPS) is 25.9. The van der Waals surface area contributed by atoms with Crippen molar-refractivity contribution in [1.82, 2.24) is 0 Å². The van der Waals surface area contributed by atoms with Gasteiger partial charge in [-0.15, -0.1) is 0 Å². The summed E-state index contributed by atoms with van der Waals surface area (Å²) in [6, 6.07) is 0. The van der Waals surface area contributed by atoms with E-state index in [0.717, 1.165) is 31.3 Å². The van der Waals surface area contributed by atoms with Crippen LogP contribution in [0.2, 0.25) is 0 Å². The zero-order chi connectivity index (χ0) is 16.9. The molecule has 1 aliphatic heterocycles.